The summed E-state index contributed by atoms with van der Waals surface area (Å²) in [5.74, 6) is 1.19. The fourth-order valence-corrected chi connectivity index (χ4v) is 2.85. The normalized spacial score (nSPS) is 10.8. The molecule has 0 aliphatic heterocycles. The first kappa shape index (κ1) is 13.0. The van der Waals surface area contributed by atoms with Gasteiger partial charge in [0.15, 0.2) is 5.82 Å². The van der Waals surface area contributed by atoms with Crippen molar-refractivity contribution in [1.29, 1.82) is 0 Å². The summed E-state index contributed by atoms with van der Waals surface area (Å²) < 4.78 is 1.32. The molecule has 1 aromatic carbocycles. The highest BCUT2D eigenvalue weighted by Gasteiger charge is 2.00. The summed E-state index contributed by atoms with van der Waals surface area (Å²) in [4.78, 5) is 8.15. The van der Waals surface area contributed by atoms with Gasteiger partial charge < -0.3 is 10.4 Å². The molecule has 0 aliphatic carbocycles. The number of aromatic nitrogens is 2. The van der Waals surface area contributed by atoms with E-state index in [0.29, 0.717) is 5.82 Å². The molecule has 3 aromatic rings. The van der Waals surface area contributed by atoms with Gasteiger partial charge in [0.1, 0.15) is 12.4 Å². The summed E-state index contributed by atoms with van der Waals surface area (Å²) in [6.45, 7) is 0.669. The molecule has 3 rings (SSSR count). The Morgan fingerprint density at radius 3 is 3.05 bits per heavy atom. The number of benzene rings is 1. The van der Waals surface area contributed by atoms with Crippen LogP contribution in [-0.2, 0) is 13.0 Å². The Hall–Kier alpha value is -1.98. The van der Waals surface area contributed by atoms with Gasteiger partial charge in [0.2, 0.25) is 0 Å². The fourth-order valence-electron chi connectivity index (χ4n) is 2.08. The number of aliphatic hydroxyl groups excluding tert-OH is 1. The Morgan fingerprint density at radius 2 is 2.15 bits per heavy atom. The largest absolute Gasteiger partial charge is 0.388 e. The van der Waals surface area contributed by atoms with Crippen molar-refractivity contribution in [3.8, 4) is 0 Å². The van der Waals surface area contributed by atoms with Crippen molar-refractivity contribution in [3.63, 3.8) is 0 Å². The van der Waals surface area contributed by atoms with Crippen LogP contribution >= 0.6 is 11.3 Å². The second kappa shape index (κ2) is 5.98. The van der Waals surface area contributed by atoms with E-state index >= 15 is 0 Å². The number of aliphatic hydroxyl groups is 1. The lowest BCUT2D eigenvalue weighted by Crippen LogP contribution is -2.07. The summed E-state index contributed by atoms with van der Waals surface area (Å²) in [7, 11) is 0. The highest BCUT2D eigenvalue weighted by molar-refractivity contribution is 7.17. The molecule has 0 bridgehead atoms. The molecule has 0 amide bonds. The van der Waals surface area contributed by atoms with Gasteiger partial charge in [-0.25, -0.2) is 9.97 Å². The predicted molar refractivity (Wildman–Crippen MR) is 82.0 cm³/mol. The van der Waals surface area contributed by atoms with E-state index in [1.165, 1.54) is 15.6 Å². The second-order valence-corrected chi connectivity index (χ2v) is 5.43. The van der Waals surface area contributed by atoms with Crippen molar-refractivity contribution in [2.24, 2.45) is 0 Å². The standard InChI is InChI=1S/C15H15N3OS/c19-10-15-17-7-4-14(18-15)16-6-3-11-1-2-13-12(9-11)5-8-20-13/h1-2,4-5,7-9,19H,3,6,10H2,(H,16,17,18). The van der Waals surface area contributed by atoms with E-state index in [1.807, 2.05) is 0 Å². The second-order valence-electron chi connectivity index (χ2n) is 4.49. The van der Waals surface area contributed by atoms with Crippen LogP contribution in [0.15, 0.2) is 41.9 Å². The zero-order chi connectivity index (χ0) is 13.8. The summed E-state index contributed by atoms with van der Waals surface area (Å²) in [6.07, 6.45) is 2.59. The Labute approximate surface area is 121 Å². The Bertz CT molecular complexity index is 711. The van der Waals surface area contributed by atoms with Crippen molar-refractivity contribution in [2.75, 3.05) is 11.9 Å². The lowest BCUT2D eigenvalue weighted by atomic mass is 10.1. The SMILES string of the molecule is OCc1nccc(NCCc2ccc3sccc3c2)n1. The maximum Gasteiger partial charge on any atom is 0.156 e. The third kappa shape index (κ3) is 2.95. The van der Waals surface area contributed by atoms with Gasteiger partial charge in [-0.15, -0.1) is 11.3 Å². The highest BCUT2D eigenvalue weighted by atomic mass is 32.1. The molecule has 0 unspecified atom stereocenters. The van der Waals surface area contributed by atoms with Crippen LogP contribution in [0.4, 0.5) is 5.82 Å². The summed E-state index contributed by atoms with van der Waals surface area (Å²) in [5, 5.41) is 15.7. The Balaban J connectivity index is 1.61. The van der Waals surface area contributed by atoms with Crippen molar-refractivity contribution in [2.45, 2.75) is 13.0 Å². The molecule has 0 aliphatic rings. The molecular weight excluding hydrogens is 270 g/mol. The first-order valence-electron chi connectivity index (χ1n) is 6.48. The third-order valence-corrected chi connectivity index (χ3v) is 3.98. The first-order valence-corrected chi connectivity index (χ1v) is 7.36. The van der Waals surface area contributed by atoms with Gasteiger partial charge in [-0.2, -0.15) is 0 Å². The van der Waals surface area contributed by atoms with Gasteiger partial charge in [0.25, 0.3) is 0 Å². The van der Waals surface area contributed by atoms with Crippen LogP contribution in [0.3, 0.4) is 0 Å². The van der Waals surface area contributed by atoms with Gasteiger partial charge in [0, 0.05) is 17.4 Å². The molecule has 0 fully saturated rings. The summed E-state index contributed by atoms with van der Waals surface area (Å²) in [6, 6.07) is 10.5. The molecule has 0 atom stereocenters. The minimum absolute atomic E-state index is 0.135. The van der Waals surface area contributed by atoms with Crippen LogP contribution in [0, 0.1) is 0 Å². The molecule has 0 spiro atoms. The quantitative estimate of drug-likeness (QED) is 0.757. The smallest absolute Gasteiger partial charge is 0.156 e. The topological polar surface area (TPSA) is 58.0 Å². The Kier molecular flexibility index (Phi) is 3.90. The molecule has 2 N–H and O–H groups in total. The van der Waals surface area contributed by atoms with Crippen LogP contribution in [0.1, 0.15) is 11.4 Å². The van der Waals surface area contributed by atoms with E-state index in [2.05, 4.69) is 44.9 Å². The molecule has 4 nitrogen and oxygen atoms in total. The molecule has 20 heavy (non-hydrogen) atoms. The molecule has 2 heterocycles. The number of hydrogen-bond acceptors (Lipinski definition) is 5. The minimum Gasteiger partial charge on any atom is -0.388 e. The van der Waals surface area contributed by atoms with E-state index in [0.717, 1.165) is 18.8 Å². The zero-order valence-electron chi connectivity index (χ0n) is 10.9. The first-order chi connectivity index (χ1) is 9.85. The van der Waals surface area contributed by atoms with E-state index < -0.39 is 0 Å². The number of anilines is 1. The molecule has 2 aromatic heterocycles. The number of rotatable bonds is 5. The molecule has 0 saturated carbocycles. The number of fused-ring (bicyclic) bond motifs is 1. The van der Waals surface area contributed by atoms with E-state index in [4.69, 9.17) is 5.11 Å². The van der Waals surface area contributed by atoms with Crippen molar-refractivity contribution in [3.05, 3.63) is 53.3 Å². The summed E-state index contributed by atoms with van der Waals surface area (Å²) in [5.41, 5.74) is 1.31. The maximum atomic E-state index is 8.99. The number of nitrogens with zero attached hydrogens (tertiary/aromatic N) is 2. The number of nitrogens with one attached hydrogen (secondary N) is 1. The molecular formula is C15H15N3OS. The third-order valence-electron chi connectivity index (χ3n) is 3.08. The van der Waals surface area contributed by atoms with Crippen LogP contribution in [0.2, 0.25) is 0 Å². The lowest BCUT2D eigenvalue weighted by molar-refractivity contribution is 0.271. The van der Waals surface area contributed by atoms with Crippen LogP contribution < -0.4 is 5.32 Å². The monoisotopic (exact) mass is 285 g/mol. The Morgan fingerprint density at radius 1 is 1.20 bits per heavy atom. The van der Waals surface area contributed by atoms with E-state index in [1.54, 1.807) is 23.6 Å². The fraction of sp³-hybridized carbons (Fsp3) is 0.200. The van der Waals surface area contributed by atoms with Gasteiger partial charge in [-0.1, -0.05) is 12.1 Å². The summed E-state index contributed by atoms with van der Waals surface area (Å²) >= 11 is 1.76. The van der Waals surface area contributed by atoms with Crippen molar-refractivity contribution in [1.82, 2.24) is 9.97 Å². The molecule has 5 heteroatoms. The lowest BCUT2D eigenvalue weighted by Gasteiger charge is -2.06. The van der Waals surface area contributed by atoms with Crippen molar-refractivity contribution < 1.29 is 5.11 Å². The van der Waals surface area contributed by atoms with Gasteiger partial charge in [-0.05, 0) is 40.9 Å². The molecule has 0 saturated heterocycles. The van der Waals surface area contributed by atoms with Gasteiger partial charge in [0.05, 0.1) is 0 Å². The van der Waals surface area contributed by atoms with Gasteiger partial charge in [-0.3, -0.25) is 0 Å². The van der Waals surface area contributed by atoms with Crippen LogP contribution in [-0.4, -0.2) is 21.6 Å². The van der Waals surface area contributed by atoms with E-state index in [-0.39, 0.29) is 6.61 Å². The molecule has 102 valence electrons. The predicted octanol–water partition coefficient (Wildman–Crippen LogP) is 2.84. The number of hydrogen-bond donors (Lipinski definition) is 2. The maximum absolute atomic E-state index is 8.99. The zero-order valence-corrected chi connectivity index (χ0v) is 11.7. The minimum atomic E-state index is -0.135. The van der Waals surface area contributed by atoms with Crippen molar-refractivity contribution >= 4 is 27.2 Å². The van der Waals surface area contributed by atoms with E-state index in [9.17, 15) is 0 Å². The average molecular weight is 285 g/mol. The molecule has 0 radical (unpaired) electrons. The van der Waals surface area contributed by atoms with Crippen LogP contribution in [0.5, 0.6) is 0 Å². The number of thiophene rings is 1. The van der Waals surface area contributed by atoms with Crippen LogP contribution in [0.25, 0.3) is 10.1 Å². The van der Waals surface area contributed by atoms with Gasteiger partial charge >= 0.3 is 0 Å². The highest BCUT2D eigenvalue weighted by Crippen LogP contribution is 2.21. The average Bonchev–Trinajstić information content (AvgIpc) is 2.95.